The van der Waals surface area contributed by atoms with Crippen LogP contribution >= 0.6 is 0 Å². The molecule has 0 fully saturated rings. The van der Waals surface area contributed by atoms with Crippen molar-refractivity contribution in [2.45, 2.75) is 25.9 Å². The number of aromatic nitrogens is 1. The highest BCUT2D eigenvalue weighted by molar-refractivity contribution is 5.86. The normalized spacial score (nSPS) is 19.8. The van der Waals surface area contributed by atoms with E-state index in [1.54, 1.807) is 6.20 Å². The van der Waals surface area contributed by atoms with E-state index in [0.29, 0.717) is 18.4 Å². The Bertz CT molecular complexity index is 440. The van der Waals surface area contributed by atoms with Crippen molar-refractivity contribution in [1.29, 1.82) is 0 Å². The molecule has 1 N–H and O–H groups in total. The predicted octanol–water partition coefficient (Wildman–Crippen LogP) is 2.21. The zero-order valence-electron chi connectivity index (χ0n) is 9.01. The molecule has 16 heavy (non-hydrogen) atoms. The van der Waals surface area contributed by atoms with Crippen LogP contribution in [0.2, 0.25) is 0 Å². The SMILES string of the molecule is Cc1cc(C2CCC(C(=O)O)=CO2)ccn1. The summed E-state index contributed by atoms with van der Waals surface area (Å²) in [7, 11) is 0. The number of carboxylic acid groups (broad SMARTS) is 1. The van der Waals surface area contributed by atoms with Crippen LogP contribution in [-0.2, 0) is 9.53 Å². The van der Waals surface area contributed by atoms with E-state index < -0.39 is 5.97 Å². The molecular formula is C12H13NO3. The van der Waals surface area contributed by atoms with Crippen molar-refractivity contribution in [1.82, 2.24) is 4.98 Å². The van der Waals surface area contributed by atoms with E-state index in [1.165, 1.54) is 6.26 Å². The molecule has 1 aromatic rings. The number of hydrogen-bond acceptors (Lipinski definition) is 3. The summed E-state index contributed by atoms with van der Waals surface area (Å²) in [6.07, 6.45) is 4.28. The van der Waals surface area contributed by atoms with Crippen molar-refractivity contribution in [2.75, 3.05) is 0 Å². The number of hydrogen-bond donors (Lipinski definition) is 1. The highest BCUT2D eigenvalue weighted by atomic mass is 16.5. The Kier molecular flexibility index (Phi) is 2.90. The minimum atomic E-state index is -0.899. The van der Waals surface area contributed by atoms with Gasteiger partial charge in [-0.15, -0.1) is 0 Å². The van der Waals surface area contributed by atoms with Gasteiger partial charge in [0, 0.05) is 11.9 Å². The van der Waals surface area contributed by atoms with Gasteiger partial charge in [0.05, 0.1) is 11.8 Å². The number of pyridine rings is 1. The van der Waals surface area contributed by atoms with Crippen LogP contribution < -0.4 is 0 Å². The number of nitrogens with zero attached hydrogens (tertiary/aromatic N) is 1. The Morgan fingerprint density at radius 3 is 3.00 bits per heavy atom. The molecule has 0 radical (unpaired) electrons. The smallest absolute Gasteiger partial charge is 0.334 e. The lowest BCUT2D eigenvalue weighted by atomic mass is 10.00. The van der Waals surface area contributed by atoms with E-state index in [9.17, 15) is 4.79 Å². The summed E-state index contributed by atoms with van der Waals surface area (Å²) in [6.45, 7) is 1.92. The molecule has 0 bridgehead atoms. The van der Waals surface area contributed by atoms with Gasteiger partial charge in [0.2, 0.25) is 0 Å². The molecule has 0 amide bonds. The Morgan fingerprint density at radius 1 is 1.62 bits per heavy atom. The summed E-state index contributed by atoms with van der Waals surface area (Å²) in [6, 6.07) is 3.86. The van der Waals surface area contributed by atoms with Crippen molar-refractivity contribution in [3.8, 4) is 0 Å². The van der Waals surface area contributed by atoms with Crippen molar-refractivity contribution in [3.63, 3.8) is 0 Å². The minimum Gasteiger partial charge on any atom is -0.493 e. The summed E-state index contributed by atoms with van der Waals surface area (Å²) in [5, 5.41) is 8.78. The molecule has 0 aromatic carbocycles. The van der Waals surface area contributed by atoms with E-state index in [4.69, 9.17) is 9.84 Å². The fraction of sp³-hybridized carbons (Fsp3) is 0.333. The van der Waals surface area contributed by atoms with Gasteiger partial charge < -0.3 is 9.84 Å². The van der Waals surface area contributed by atoms with Gasteiger partial charge in [-0.2, -0.15) is 0 Å². The zero-order valence-corrected chi connectivity index (χ0v) is 9.01. The third kappa shape index (κ3) is 2.21. The standard InChI is InChI=1S/C12H13NO3/c1-8-6-9(4-5-13-8)11-3-2-10(7-16-11)12(14)15/h4-7,11H,2-3H2,1H3,(H,14,15). The predicted molar refractivity (Wildman–Crippen MR) is 57.8 cm³/mol. The van der Waals surface area contributed by atoms with Crippen molar-refractivity contribution < 1.29 is 14.6 Å². The first-order valence-corrected chi connectivity index (χ1v) is 5.17. The molecule has 1 aliphatic rings. The van der Waals surface area contributed by atoms with Crippen molar-refractivity contribution in [3.05, 3.63) is 41.4 Å². The van der Waals surface area contributed by atoms with E-state index in [2.05, 4.69) is 4.98 Å². The quantitative estimate of drug-likeness (QED) is 0.828. The lowest BCUT2D eigenvalue weighted by Crippen LogP contribution is -2.12. The first kappa shape index (κ1) is 10.7. The molecule has 4 heteroatoms. The monoisotopic (exact) mass is 219 g/mol. The van der Waals surface area contributed by atoms with Gasteiger partial charge >= 0.3 is 5.97 Å². The maximum absolute atomic E-state index is 10.7. The second-order valence-electron chi connectivity index (χ2n) is 3.84. The van der Waals surface area contributed by atoms with Crippen LogP contribution in [0.25, 0.3) is 0 Å². The molecule has 4 nitrogen and oxygen atoms in total. The molecule has 1 atom stereocenters. The fourth-order valence-electron chi connectivity index (χ4n) is 1.75. The second-order valence-corrected chi connectivity index (χ2v) is 3.84. The van der Waals surface area contributed by atoms with E-state index in [0.717, 1.165) is 11.3 Å². The summed E-state index contributed by atoms with van der Waals surface area (Å²) >= 11 is 0. The minimum absolute atomic E-state index is 0.0511. The lowest BCUT2D eigenvalue weighted by molar-refractivity contribution is -0.133. The van der Waals surface area contributed by atoms with Gasteiger partial charge in [-0.3, -0.25) is 4.98 Å². The molecule has 1 aliphatic heterocycles. The van der Waals surface area contributed by atoms with Crippen molar-refractivity contribution in [2.24, 2.45) is 0 Å². The Morgan fingerprint density at radius 2 is 2.44 bits per heavy atom. The fourth-order valence-corrected chi connectivity index (χ4v) is 1.75. The van der Waals surface area contributed by atoms with Crippen LogP contribution in [0.5, 0.6) is 0 Å². The maximum atomic E-state index is 10.7. The van der Waals surface area contributed by atoms with Crippen LogP contribution in [0.3, 0.4) is 0 Å². The average molecular weight is 219 g/mol. The molecular weight excluding hydrogens is 206 g/mol. The lowest BCUT2D eigenvalue weighted by Gasteiger charge is -2.22. The highest BCUT2D eigenvalue weighted by Crippen LogP contribution is 2.29. The first-order valence-electron chi connectivity index (χ1n) is 5.17. The summed E-state index contributed by atoms with van der Waals surface area (Å²) in [4.78, 5) is 14.8. The molecule has 84 valence electrons. The zero-order chi connectivity index (χ0) is 11.5. The van der Waals surface area contributed by atoms with Crippen LogP contribution in [-0.4, -0.2) is 16.1 Å². The highest BCUT2D eigenvalue weighted by Gasteiger charge is 2.20. The molecule has 0 spiro atoms. The van der Waals surface area contributed by atoms with Crippen LogP contribution in [0.4, 0.5) is 0 Å². The number of carbonyl (C=O) groups is 1. The van der Waals surface area contributed by atoms with Gasteiger partial charge in [0.15, 0.2) is 0 Å². The topological polar surface area (TPSA) is 59.4 Å². The van der Waals surface area contributed by atoms with Crippen LogP contribution in [0, 0.1) is 6.92 Å². The molecule has 0 saturated heterocycles. The van der Waals surface area contributed by atoms with Crippen LogP contribution in [0.1, 0.15) is 30.2 Å². The number of ether oxygens (including phenoxy) is 1. The van der Waals surface area contributed by atoms with Gasteiger partial charge in [-0.1, -0.05) is 0 Å². The largest absolute Gasteiger partial charge is 0.493 e. The molecule has 0 aliphatic carbocycles. The summed E-state index contributed by atoms with van der Waals surface area (Å²) in [5.74, 6) is -0.899. The van der Waals surface area contributed by atoms with E-state index >= 15 is 0 Å². The molecule has 0 saturated carbocycles. The van der Waals surface area contributed by atoms with E-state index in [-0.39, 0.29) is 6.10 Å². The number of aryl methyl sites for hydroxylation is 1. The second kappa shape index (κ2) is 4.35. The van der Waals surface area contributed by atoms with Gasteiger partial charge in [0.1, 0.15) is 6.10 Å². The van der Waals surface area contributed by atoms with Gasteiger partial charge in [0.25, 0.3) is 0 Å². The number of carboxylic acids is 1. The number of rotatable bonds is 2. The van der Waals surface area contributed by atoms with Gasteiger partial charge in [-0.25, -0.2) is 4.79 Å². The number of aliphatic carboxylic acids is 1. The summed E-state index contributed by atoms with van der Waals surface area (Å²) in [5.41, 5.74) is 2.32. The Balaban J connectivity index is 2.12. The molecule has 2 rings (SSSR count). The first-order chi connectivity index (χ1) is 7.66. The van der Waals surface area contributed by atoms with E-state index in [1.807, 2.05) is 19.1 Å². The third-order valence-corrected chi connectivity index (χ3v) is 2.62. The summed E-state index contributed by atoms with van der Waals surface area (Å²) < 4.78 is 5.42. The average Bonchev–Trinajstić information content (AvgIpc) is 2.29. The molecule has 2 heterocycles. The van der Waals surface area contributed by atoms with Crippen molar-refractivity contribution >= 4 is 5.97 Å². The Labute approximate surface area is 93.6 Å². The molecule has 1 aromatic heterocycles. The third-order valence-electron chi connectivity index (χ3n) is 2.62. The Hall–Kier alpha value is -1.84. The molecule has 1 unspecified atom stereocenters. The van der Waals surface area contributed by atoms with Crippen LogP contribution in [0.15, 0.2) is 30.2 Å². The van der Waals surface area contributed by atoms with Gasteiger partial charge in [-0.05, 0) is 37.5 Å². The maximum Gasteiger partial charge on any atom is 0.334 e.